The minimum absolute atomic E-state index is 0.132. The van der Waals surface area contributed by atoms with Crippen LogP contribution in [0.4, 0.5) is 0 Å². The third-order valence-electron chi connectivity index (χ3n) is 2.98. The predicted octanol–water partition coefficient (Wildman–Crippen LogP) is 2.42. The van der Waals surface area contributed by atoms with E-state index in [1.54, 1.807) is 30.3 Å². The lowest BCUT2D eigenvalue weighted by molar-refractivity contribution is 0.0563. The molecule has 0 atom stereocenters. The molecule has 2 aromatic heterocycles. The number of rotatable bonds is 4. The Bertz CT molecular complexity index is 795. The van der Waals surface area contributed by atoms with Crippen molar-refractivity contribution in [3.63, 3.8) is 0 Å². The summed E-state index contributed by atoms with van der Waals surface area (Å²) in [6.07, 6.45) is 1.42. The van der Waals surface area contributed by atoms with Crippen LogP contribution in [0, 0.1) is 0 Å². The molecule has 3 aromatic rings. The topological polar surface area (TPSA) is 83.0 Å². The number of nitrogens with zero attached hydrogens (tertiary/aromatic N) is 4. The molecule has 0 radical (unpaired) electrons. The first-order chi connectivity index (χ1) is 10.7. The molecule has 0 N–H and O–H groups in total. The van der Waals surface area contributed by atoms with Gasteiger partial charge < -0.3 is 9.15 Å². The van der Waals surface area contributed by atoms with Crippen molar-refractivity contribution >= 4 is 17.6 Å². The fraction of sp³-hybridized carbons (Fsp3) is 0.143. The number of carbonyl (C=O) groups excluding carboxylic acids is 1. The van der Waals surface area contributed by atoms with Crippen LogP contribution in [0.2, 0.25) is 5.02 Å². The van der Waals surface area contributed by atoms with E-state index in [1.165, 1.54) is 18.2 Å². The minimum Gasteiger partial charge on any atom is -0.463 e. The van der Waals surface area contributed by atoms with E-state index in [0.717, 1.165) is 5.56 Å². The average Bonchev–Trinajstić information content (AvgIpc) is 3.17. The van der Waals surface area contributed by atoms with Crippen LogP contribution < -0.4 is 0 Å². The number of ether oxygens (including phenoxy) is 1. The Morgan fingerprint density at radius 1 is 1.32 bits per heavy atom. The smallest absolute Gasteiger partial charge is 0.374 e. The Morgan fingerprint density at radius 3 is 2.82 bits per heavy atom. The molecule has 112 valence electrons. The molecule has 2 heterocycles. The van der Waals surface area contributed by atoms with Crippen molar-refractivity contribution in [3.8, 4) is 11.4 Å². The highest BCUT2D eigenvalue weighted by Gasteiger charge is 2.17. The van der Waals surface area contributed by atoms with E-state index in [9.17, 15) is 4.79 Å². The normalized spacial score (nSPS) is 10.6. The molecule has 0 amide bonds. The van der Waals surface area contributed by atoms with Crippen molar-refractivity contribution in [3.05, 3.63) is 52.9 Å². The summed E-state index contributed by atoms with van der Waals surface area (Å²) in [6, 6.07) is 8.78. The van der Waals surface area contributed by atoms with Crippen LogP contribution in [0.25, 0.3) is 11.4 Å². The maximum Gasteiger partial charge on any atom is 0.374 e. The summed E-state index contributed by atoms with van der Waals surface area (Å²) in [4.78, 5) is 12.9. The van der Waals surface area contributed by atoms with Gasteiger partial charge in [0.1, 0.15) is 0 Å². The third kappa shape index (κ3) is 2.84. The first-order valence-corrected chi connectivity index (χ1v) is 6.73. The van der Waals surface area contributed by atoms with Crippen LogP contribution in [0.3, 0.4) is 0 Å². The van der Waals surface area contributed by atoms with Gasteiger partial charge in [0.25, 0.3) is 0 Å². The molecule has 22 heavy (non-hydrogen) atoms. The molecule has 0 bridgehead atoms. The molecular weight excluding hydrogens is 308 g/mol. The second kappa shape index (κ2) is 5.98. The zero-order valence-electron chi connectivity index (χ0n) is 11.6. The zero-order valence-corrected chi connectivity index (χ0v) is 12.3. The number of hydrogen-bond donors (Lipinski definition) is 0. The summed E-state index contributed by atoms with van der Waals surface area (Å²) in [7, 11) is 1.29. The number of esters is 1. The molecule has 7 nitrogen and oxygen atoms in total. The molecule has 8 heteroatoms. The first kappa shape index (κ1) is 14.3. The van der Waals surface area contributed by atoms with Gasteiger partial charge >= 0.3 is 5.97 Å². The molecule has 0 fully saturated rings. The van der Waals surface area contributed by atoms with Gasteiger partial charge in [-0.2, -0.15) is 4.80 Å². The summed E-state index contributed by atoms with van der Waals surface area (Å²) >= 11 is 5.84. The largest absolute Gasteiger partial charge is 0.463 e. The van der Waals surface area contributed by atoms with Crippen molar-refractivity contribution in [2.24, 2.45) is 0 Å². The lowest BCUT2D eigenvalue weighted by Crippen LogP contribution is -2.09. The van der Waals surface area contributed by atoms with E-state index in [4.69, 9.17) is 16.0 Å². The predicted molar refractivity (Wildman–Crippen MR) is 77.4 cm³/mol. The van der Waals surface area contributed by atoms with Crippen LogP contribution in [0.15, 0.2) is 41.0 Å². The van der Waals surface area contributed by atoms with Crippen LogP contribution in [0.5, 0.6) is 0 Å². The Morgan fingerprint density at radius 2 is 2.09 bits per heavy atom. The Hall–Kier alpha value is -2.67. The van der Waals surface area contributed by atoms with Crippen molar-refractivity contribution in [1.29, 1.82) is 0 Å². The summed E-state index contributed by atoms with van der Waals surface area (Å²) < 4.78 is 9.76. The number of halogens is 1. The fourth-order valence-electron chi connectivity index (χ4n) is 1.91. The van der Waals surface area contributed by atoms with Gasteiger partial charge in [-0.15, -0.1) is 10.2 Å². The van der Waals surface area contributed by atoms with Gasteiger partial charge in [-0.25, -0.2) is 4.79 Å². The number of furan rings is 1. The maximum atomic E-state index is 11.6. The fourth-order valence-corrected chi connectivity index (χ4v) is 2.04. The SMILES string of the molecule is COC(=O)c1occc1Cn1nnc(-c2ccc(Cl)cc2)n1. The quantitative estimate of drug-likeness (QED) is 0.687. The number of carbonyl (C=O) groups is 1. The van der Waals surface area contributed by atoms with Crippen molar-refractivity contribution < 1.29 is 13.9 Å². The molecule has 0 saturated carbocycles. The molecule has 3 rings (SSSR count). The zero-order chi connectivity index (χ0) is 15.5. The van der Waals surface area contributed by atoms with E-state index < -0.39 is 5.97 Å². The average molecular weight is 319 g/mol. The van der Waals surface area contributed by atoms with Gasteiger partial charge in [-0.3, -0.25) is 0 Å². The van der Waals surface area contributed by atoms with E-state index >= 15 is 0 Å². The van der Waals surface area contributed by atoms with E-state index in [-0.39, 0.29) is 12.3 Å². The molecule has 0 aliphatic rings. The maximum absolute atomic E-state index is 11.6. The molecule has 0 saturated heterocycles. The number of methoxy groups -OCH3 is 1. The second-order valence-electron chi connectivity index (χ2n) is 4.42. The highest BCUT2D eigenvalue weighted by molar-refractivity contribution is 6.30. The summed E-state index contributed by atoms with van der Waals surface area (Å²) in [5, 5.41) is 12.9. The standard InChI is InChI=1S/C14H11ClN4O3/c1-21-14(20)12-10(6-7-22-12)8-19-17-13(16-18-19)9-2-4-11(15)5-3-9/h2-7H,8H2,1H3. The molecule has 1 aromatic carbocycles. The monoisotopic (exact) mass is 318 g/mol. The second-order valence-corrected chi connectivity index (χ2v) is 4.85. The summed E-state index contributed by atoms with van der Waals surface area (Å²) in [5.74, 6) is 0.0608. The number of tetrazole rings is 1. The Kier molecular flexibility index (Phi) is 3.88. The summed E-state index contributed by atoms with van der Waals surface area (Å²) in [6.45, 7) is 0.252. The molecular formula is C14H11ClN4O3. The molecule has 0 aliphatic heterocycles. The number of hydrogen-bond acceptors (Lipinski definition) is 6. The lowest BCUT2D eigenvalue weighted by Gasteiger charge is -1.99. The van der Waals surface area contributed by atoms with Gasteiger partial charge in [-0.1, -0.05) is 11.6 Å². The van der Waals surface area contributed by atoms with Gasteiger partial charge in [0.2, 0.25) is 11.6 Å². The van der Waals surface area contributed by atoms with Crippen molar-refractivity contribution in [2.75, 3.05) is 7.11 Å². The highest BCUT2D eigenvalue weighted by atomic mass is 35.5. The molecule has 0 spiro atoms. The third-order valence-corrected chi connectivity index (χ3v) is 3.24. The van der Waals surface area contributed by atoms with E-state index in [2.05, 4.69) is 20.1 Å². The number of aromatic nitrogens is 4. The van der Waals surface area contributed by atoms with Gasteiger partial charge in [0.15, 0.2) is 0 Å². The minimum atomic E-state index is -0.543. The van der Waals surface area contributed by atoms with Gasteiger partial charge in [0.05, 0.1) is 19.9 Å². The van der Waals surface area contributed by atoms with Crippen molar-refractivity contribution in [1.82, 2.24) is 20.2 Å². The Balaban J connectivity index is 1.82. The van der Waals surface area contributed by atoms with Gasteiger partial charge in [-0.05, 0) is 35.5 Å². The Labute approximate surface area is 130 Å². The molecule has 0 unspecified atom stereocenters. The van der Waals surface area contributed by atoms with Gasteiger partial charge in [0, 0.05) is 16.1 Å². The van der Waals surface area contributed by atoms with Crippen LogP contribution >= 0.6 is 11.6 Å². The lowest BCUT2D eigenvalue weighted by atomic mass is 10.2. The number of benzene rings is 1. The van der Waals surface area contributed by atoms with E-state index in [1.807, 2.05) is 0 Å². The summed E-state index contributed by atoms with van der Waals surface area (Å²) in [5.41, 5.74) is 1.42. The van der Waals surface area contributed by atoms with Crippen LogP contribution in [-0.4, -0.2) is 33.3 Å². The molecule has 0 aliphatic carbocycles. The first-order valence-electron chi connectivity index (χ1n) is 6.36. The van der Waals surface area contributed by atoms with Crippen LogP contribution in [0.1, 0.15) is 16.1 Å². The van der Waals surface area contributed by atoms with Crippen molar-refractivity contribution in [2.45, 2.75) is 6.54 Å². The van der Waals surface area contributed by atoms with Crippen LogP contribution in [-0.2, 0) is 11.3 Å². The highest BCUT2D eigenvalue weighted by Crippen LogP contribution is 2.18. The van der Waals surface area contributed by atoms with E-state index in [0.29, 0.717) is 16.4 Å².